The molecule has 80 valence electrons. The molecule has 0 aliphatic heterocycles. The maximum atomic E-state index is 10.9. The van der Waals surface area contributed by atoms with Crippen LogP contribution in [0.1, 0.15) is 12.8 Å². The van der Waals surface area contributed by atoms with Crippen LogP contribution in [0.15, 0.2) is 11.8 Å². The maximum absolute atomic E-state index is 10.9. The molecule has 0 aromatic rings. The summed E-state index contributed by atoms with van der Waals surface area (Å²) < 4.78 is 10.1. The fourth-order valence-corrected chi connectivity index (χ4v) is 1.26. The van der Waals surface area contributed by atoms with Gasteiger partial charge in [-0.2, -0.15) is 0 Å². The summed E-state index contributed by atoms with van der Waals surface area (Å²) in [5.74, 6) is 0.216. The molecule has 0 unspecified atom stereocenters. The number of methoxy groups -OCH3 is 1. The molecule has 1 N–H and O–H groups in total. The number of ketones is 1. The first kappa shape index (κ1) is 11.2. The van der Waals surface area contributed by atoms with E-state index in [2.05, 4.69) is 5.32 Å². The third-order valence-corrected chi connectivity index (χ3v) is 2.01. The third-order valence-electron chi connectivity index (χ3n) is 2.01. The average Bonchev–Trinajstić information content (AvgIpc) is 2.58. The van der Waals surface area contributed by atoms with Crippen molar-refractivity contribution in [3.8, 4) is 0 Å². The zero-order chi connectivity index (χ0) is 10.2. The lowest BCUT2D eigenvalue weighted by molar-refractivity contribution is -0.114. The molecule has 0 fully saturated rings. The van der Waals surface area contributed by atoms with E-state index in [0.717, 1.165) is 18.7 Å². The molecule has 0 heterocycles. The van der Waals surface area contributed by atoms with Gasteiger partial charge >= 0.3 is 0 Å². The van der Waals surface area contributed by atoms with Crippen molar-refractivity contribution in [2.75, 3.05) is 33.5 Å². The molecule has 1 aliphatic rings. The van der Waals surface area contributed by atoms with Crippen molar-refractivity contribution in [2.24, 2.45) is 0 Å². The Morgan fingerprint density at radius 3 is 2.86 bits per heavy atom. The molecule has 1 rings (SSSR count). The van der Waals surface area contributed by atoms with Gasteiger partial charge in [-0.15, -0.1) is 0 Å². The summed E-state index contributed by atoms with van der Waals surface area (Å²) in [5, 5.41) is 3.16. The van der Waals surface area contributed by atoms with Gasteiger partial charge < -0.3 is 14.8 Å². The molecule has 14 heavy (non-hydrogen) atoms. The number of rotatable bonds is 7. The van der Waals surface area contributed by atoms with Crippen molar-refractivity contribution >= 4 is 5.78 Å². The van der Waals surface area contributed by atoms with Crippen molar-refractivity contribution in [3.05, 3.63) is 11.8 Å². The van der Waals surface area contributed by atoms with Gasteiger partial charge in [0.05, 0.1) is 19.8 Å². The molecule has 0 aromatic heterocycles. The van der Waals surface area contributed by atoms with Crippen LogP contribution in [-0.4, -0.2) is 39.3 Å². The van der Waals surface area contributed by atoms with Crippen LogP contribution in [0.25, 0.3) is 0 Å². The molecular weight excluding hydrogens is 182 g/mol. The normalized spacial score (nSPS) is 15.8. The van der Waals surface area contributed by atoms with Crippen LogP contribution >= 0.6 is 0 Å². The van der Waals surface area contributed by atoms with Crippen LogP contribution < -0.4 is 5.32 Å². The third kappa shape index (κ3) is 4.39. The van der Waals surface area contributed by atoms with E-state index in [1.165, 1.54) is 0 Å². The molecule has 0 radical (unpaired) electrons. The Bertz CT molecular complexity index is 213. The Hall–Kier alpha value is -0.870. The van der Waals surface area contributed by atoms with E-state index in [-0.39, 0.29) is 5.78 Å². The molecular formula is C10H17NO3. The van der Waals surface area contributed by atoms with Crippen LogP contribution in [0, 0.1) is 0 Å². The Morgan fingerprint density at radius 2 is 2.21 bits per heavy atom. The smallest absolute Gasteiger partial charge is 0.157 e. The Kier molecular flexibility index (Phi) is 5.25. The van der Waals surface area contributed by atoms with Gasteiger partial charge in [0.2, 0.25) is 0 Å². The molecule has 0 atom stereocenters. The monoisotopic (exact) mass is 199 g/mol. The highest BCUT2D eigenvalue weighted by molar-refractivity contribution is 5.92. The van der Waals surface area contributed by atoms with E-state index in [1.807, 2.05) is 0 Å². The maximum Gasteiger partial charge on any atom is 0.157 e. The zero-order valence-electron chi connectivity index (χ0n) is 8.54. The summed E-state index contributed by atoms with van der Waals surface area (Å²) in [7, 11) is 1.65. The van der Waals surface area contributed by atoms with Crippen LogP contribution in [-0.2, 0) is 14.3 Å². The van der Waals surface area contributed by atoms with Gasteiger partial charge in [-0.3, -0.25) is 4.79 Å². The molecule has 0 saturated heterocycles. The van der Waals surface area contributed by atoms with Crippen molar-refractivity contribution in [2.45, 2.75) is 12.8 Å². The number of allylic oxidation sites excluding steroid dienone is 2. The van der Waals surface area contributed by atoms with Gasteiger partial charge in [0.15, 0.2) is 5.78 Å². The van der Waals surface area contributed by atoms with E-state index < -0.39 is 0 Å². The van der Waals surface area contributed by atoms with E-state index in [1.54, 1.807) is 13.2 Å². The predicted molar refractivity (Wildman–Crippen MR) is 53.0 cm³/mol. The summed E-state index contributed by atoms with van der Waals surface area (Å²) in [6.45, 7) is 2.65. The minimum Gasteiger partial charge on any atom is -0.386 e. The molecule has 0 aromatic carbocycles. The summed E-state index contributed by atoms with van der Waals surface area (Å²) in [6.07, 6.45) is 3.17. The second-order valence-corrected chi connectivity index (χ2v) is 3.17. The second-order valence-electron chi connectivity index (χ2n) is 3.17. The second kappa shape index (κ2) is 6.56. The van der Waals surface area contributed by atoms with Crippen LogP contribution in [0.2, 0.25) is 0 Å². The van der Waals surface area contributed by atoms with Gasteiger partial charge in [0, 0.05) is 31.8 Å². The quantitative estimate of drug-likeness (QED) is 0.606. The number of hydrogen-bond acceptors (Lipinski definition) is 4. The van der Waals surface area contributed by atoms with Crippen LogP contribution in [0.5, 0.6) is 0 Å². The molecule has 0 saturated carbocycles. The van der Waals surface area contributed by atoms with Crippen molar-refractivity contribution in [3.63, 3.8) is 0 Å². The highest BCUT2D eigenvalue weighted by Crippen LogP contribution is 2.10. The lowest BCUT2D eigenvalue weighted by Gasteiger charge is -2.06. The first-order chi connectivity index (χ1) is 6.83. The first-order valence-electron chi connectivity index (χ1n) is 4.87. The molecule has 0 amide bonds. The van der Waals surface area contributed by atoms with Gasteiger partial charge in [-0.05, 0) is 6.42 Å². The lowest BCUT2D eigenvalue weighted by atomic mass is 10.3. The minimum absolute atomic E-state index is 0.216. The van der Waals surface area contributed by atoms with E-state index >= 15 is 0 Å². The molecule has 4 nitrogen and oxygen atoms in total. The molecule has 0 spiro atoms. The highest BCUT2D eigenvalue weighted by Gasteiger charge is 2.10. The first-order valence-corrected chi connectivity index (χ1v) is 4.87. The highest BCUT2D eigenvalue weighted by atomic mass is 16.5. The number of carbonyl (C=O) groups is 1. The summed E-state index contributed by atoms with van der Waals surface area (Å²) >= 11 is 0. The average molecular weight is 199 g/mol. The summed E-state index contributed by atoms with van der Waals surface area (Å²) in [5.41, 5.74) is 1.03. The standard InChI is InChI=1S/C10H17NO3/c1-13-6-7-14-5-4-11-9-2-3-10(12)8-9/h8,11H,2-7H2,1H3. The van der Waals surface area contributed by atoms with Gasteiger partial charge in [-0.1, -0.05) is 0 Å². The molecule has 1 aliphatic carbocycles. The Labute approximate surface area is 84.3 Å². The summed E-state index contributed by atoms with van der Waals surface area (Å²) in [4.78, 5) is 10.9. The SMILES string of the molecule is COCCOCCNC1=CC(=O)CC1. The number of hydrogen-bond donors (Lipinski definition) is 1. The van der Waals surface area contributed by atoms with Crippen molar-refractivity contribution in [1.29, 1.82) is 0 Å². The Balaban J connectivity index is 1.94. The fraction of sp³-hybridized carbons (Fsp3) is 0.700. The van der Waals surface area contributed by atoms with E-state index in [4.69, 9.17) is 9.47 Å². The predicted octanol–water partition coefficient (Wildman–Crippen LogP) is 0.486. The van der Waals surface area contributed by atoms with E-state index in [9.17, 15) is 4.79 Å². The summed E-state index contributed by atoms with van der Waals surface area (Å²) in [6, 6.07) is 0. The van der Waals surface area contributed by atoms with Gasteiger partial charge in [0.1, 0.15) is 0 Å². The lowest BCUT2D eigenvalue weighted by Crippen LogP contribution is -2.19. The molecule has 4 heteroatoms. The topological polar surface area (TPSA) is 47.6 Å². The van der Waals surface area contributed by atoms with Gasteiger partial charge in [-0.25, -0.2) is 0 Å². The van der Waals surface area contributed by atoms with Crippen molar-refractivity contribution in [1.82, 2.24) is 5.32 Å². The number of nitrogens with one attached hydrogen (secondary N) is 1. The van der Waals surface area contributed by atoms with Crippen LogP contribution in [0.4, 0.5) is 0 Å². The number of carbonyl (C=O) groups excluding carboxylic acids is 1. The fourth-order valence-electron chi connectivity index (χ4n) is 1.26. The Morgan fingerprint density at radius 1 is 1.36 bits per heavy atom. The zero-order valence-corrected chi connectivity index (χ0v) is 8.54. The van der Waals surface area contributed by atoms with Gasteiger partial charge in [0.25, 0.3) is 0 Å². The largest absolute Gasteiger partial charge is 0.386 e. The molecule has 0 bridgehead atoms. The van der Waals surface area contributed by atoms with Crippen LogP contribution in [0.3, 0.4) is 0 Å². The minimum atomic E-state index is 0.216. The van der Waals surface area contributed by atoms with Crippen molar-refractivity contribution < 1.29 is 14.3 Å². The number of ether oxygens (including phenoxy) is 2. The van der Waals surface area contributed by atoms with E-state index in [0.29, 0.717) is 26.2 Å².